The minimum Gasteiger partial charge on any atom is -0.358 e. The zero-order valence-electron chi connectivity index (χ0n) is 13.4. The first-order valence-electron chi connectivity index (χ1n) is 8.48. The molecule has 1 saturated carbocycles. The Morgan fingerprint density at radius 2 is 1.96 bits per heavy atom. The molecule has 2 aromatic heterocycles. The molecule has 2 aromatic rings. The highest BCUT2D eigenvalue weighted by molar-refractivity contribution is 6.28. The molecule has 1 atom stereocenters. The minimum absolute atomic E-state index is 0.0366. The summed E-state index contributed by atoms with van der Waals surface area (Å²) in [6.45, 7) is 0.799. The third kappa shape index (κ3) is 2.78. The maximum Gasteiger partial charge on any atom is 0.226 e. The number of hydrogen-bond acceptors (Lipinski definition) is 5. The molecule has 1 aliphatic heterocycles. The molecule has 0 radical (unpaired) electrons. The Morgan fingerprint density at radius 3 is 2.70 bits per heavy atom. The Bertz CT molecular complexity index is 691. The van der Waals surface area contributed by atoms with Gasteiger partial charge >= 0.3 is 0 Å². The highest BCUT2D eigenvalue weighted by atomic mass is 35.5. The van der Waals surface area contributed by atoms with Crippen LogP contribution in [0.1, 0.15) is 51.0 Å². The molecule has 7 heteroatoms. The summed E-state index contributed by atoms with van der Waals surface area (Å²) in [5.41, 5.74) is 1.66. The number of halogens is 1. The first kappa shape index (κ1) is 15.1. The lowest BCUT2D eigenvalue weighted by Crippen LogP contribution is -2.37. The fourth-order valence-electron chi connectivity index (χ4n) is 3.74. The minimum atomic E-state index is 0.0366. The predicted molar refractivity (Wildman–Crippen MR) is 89.8 cm³/mol. The van der Waals surface area contributed by atoms with E-state index in [2.05, 4.69) is 24.4 Å². The maximum absolute atomic E-state index is 6.21. The molecule has 2 aliphatic rings. The van der Waals surface area contributed by atoms with Gasteiger partial charge < -0.3 is 14.2 Å². The van der Waals surface area contributed by atoms with Crippen molar-refractivity contribution >= 4 is 28.6 Å². The van der Waals surface area contributed by atoms with Crippen molar-refractivity contribution in [2.45, 2.75) is 57.2 Å². The second kappa shape index (κ2) is 6.24. The summed E-state index contributed by atoms with van der Waals surface area (Å²) in [5.74, 6) is 0.767. The number of imidazole rings is 1. The van der Waals surface area contributed by atoms with E-state index in [-0.39, 0.29) is 11.5 Å². The van der Waals surface area contributed by atoms with Crippen molar-refractivity contribution in [1.29, 1.82) is 0 Å². The van der Waals surface area contributed by atoms with Crippen molar-refractivity contribution < 1.29 is 4.74 Å². The second-order valence-corrected chi connectivity index (χ2v) is 6.85. The molecule has 3 heterocycles. The number of nitrogens with zero attached hydrogens (tertiary/aromatic N) is 5. The Hall–Kier alpha value is -1.40. The summed E-state index contributed by atoms with van der Waals surface area (Å²) in [5, 5.41) is 0.273. The highest BCUT2D eigenvalue weighted by Gasteiger charge is 2.26. The summed E-state index contributed by atoms with van der Waals surface area (Å²) in [6, 6.07) is 0.482. The molecule has 0 N–H and O–H groups in total. The van der Waals surface area contributed by atoms with Gasteiger partial charge in [0.25, 0.3) is 0 Å². The molecule has 124 valence electrons. The molecule has 0 aromatic carbocycles. The van der Waals surface area contributed by atoms with E-state index in [1.165, 1.54) is 32.1 Å². The van der Waals surface area contributed by atoms with Crippen LogP contribution in [-0.4, -0.2) is 39.4 Å². The maximum atomic E-state index is 6.21. The smallest absolute Gasteiger partial charge is 0.226 e. The molecule has 1 unspecified atom stereocenters. The molecule has 1 aliphatic carbocycles. The van der Waals surface area contributed by atoms with Crippen LogP contribution >= 0.6 is 11.6 Å². The van der Waals surface area contributed by atoms with E-state index in [1.54, 1.807) is 0 Å². The first-order valence-corrected chi connectivity index (χ1v) is 8.86. The summed E-state index contributed by atoms with van der Waals surface area (Å²) in [4.78, 5) is 15.6. The fraction of sp³-hybridized carbons (Fsp3) is 0.688. The Kier molecular flexibility index (Phi) is 4.11. The molecule has 0 spiro atoms. The standard InChI is InChI=1S/C16H22ClN5O/c1-21(12-8-4-5-9-23-12)14-13-15(20-16(17)19-14)22(10-18-13)11-6-2-3-7-11/h10-12H,2-9H2,1H3. The van der Waals surface area contributed by atoms with Crippen LogP contribution in [0.4, 0.5) is 5.82 Å². The quantitative estimate of drug-likeness (QED) is 0.803. The van der Waals surface area contributed by atoms with E-state index in [0.717, 1.165) is 36.4 Å². The van der Waals surface area contributed by atoms with Gasteiger partial charge in [-0.25, -0.2) is 4.98 Å². The molecule has 6 nitrogen and oxygen atoms in total. The SMILES string of the molecule is CN(c1nc(Cl)nc2c1ncn2C1CCCC1)C1CCCCO1. The summed E-state index contributed by atoms with van der Waals surface area (Å²) in [7, 11) is 2.00. The van der Waals surface area contributed by atoms with Crippen molar-refractivity contribution in [3.05, 3.63) is 11.6 Å². The van der Waals surface area contributed by atoms with Crippen molar-refractivity contribution in [3.8, 4) is 0 Å². The number of aromatic nitrogens is 4. The van der Waals surface area contributed by atoms with Gasteiger partial charge in [0.15, 0.2) is 17.0 Å². The van der Waals surface area contributed by atoms with Gasteiger partial charge in [-0.05, 0) is 43.7 Å². The van der Waals surface area contributed by atoms with Gasteiger partial charge in [-0.15, -0.1) is 0 Å². The summed E-state index contributed by atoms with van der Waals surface area (Å²) < 4.78 is 8.05. The van der Waals surface area contributed by atoms with Crippen molar-refractivity contribution in [2.75, 3.05) is 18.6 Å². The van der Waals surface area contributed by atoms with Crippen LogP contribution in [0, 0.1) is 0 Å². The van der Waals surface area contributed by atoms with Gasteiger partial charge in [-0.1, -0.05) is 12.8 Å². The van der Waals surface area contributed by atoms with Gasteiger partial charge in [0.2, 0.25) is 5.28 Å². The normalized spacial score (nSPS) is 22.8. The van der Waals surface area contributed by atoms with Crippen molar-refractivity contribution in [2.24, 2.45) is 0 Å². The number of hydrogen-bond donors (Lipinski definition) is 0. The van der Waals surface area contributed by atoms with Gasteiger partial charge in [0, 0.05) is 19.7 Å². The average Bonchev–Trinajstić information content (AvgIpc) is 3.23. The van der Waals surface area contributed by atoms with Gasteiger partial charge in [-0.2, -0.15) is 9.97 Å². The number of anilines is 1. The van der Waals surface area contributed by atoms with Crippen molar-refractivity contribution in [1.82, 2.24) is 19.5 Å². The molecular weight excluding hydrogens is 314 g/mol. The number of fused-ring (bicyclic) bond motifs is 1. The lowest BCUT2D eigenvalue weighted by molar-refractivity contribution is 0.0171. The molecule has 1 saturated heterocycles. The van der Waals surface area contributed by atoms with Gasteiger partial charge in [-0.3, -0.25) is 0 Å². The first-order chi connectivity index (χ1) is 11.2. The predicted octanol–water partition coefficient (Wildman–Crippen LogP) is 3.56. The van der Waals surface area contributed by atoms with Crippen LogP contribution in [0.2, 0.25) is 5.28 Å². The fourth-order valence-corrected chi connectivity index (χ4v) is 3.90. The van der Waals surface area contributed by atoms with Crippen LogP contribution in [0.5, 0.6) is 0 Å². The van der Waals surface area contributed by atoms with Crippen LogP contribution in [-0.2, 0) is 4.74 Å². The Morgan fingerprint density at radius 1 is 1.17 bits per heavy atom. The van der Waals surface area contributed by atoms with E-state index < -0.39 is 0 Å². The third-order valence-corrected chi connectivity index (χ3v) is 5.18. The van der Waals surface area contributed by atoms with E-state index in [0.29, 0.717) is 6.04 Å². The molecular formula is C16H22ClN5O. The lowest BCUT2D eigenvalue weighted by atomic mass is 10.2. The van der Waals surface area contributed by atoms with E-state index in [4.69, 9.17) is 16.3 Å². The van der Waals surface area contributed by atoms with Crippen LogP contribution in [0.25, 0.3) is 11.2 Å². The molecule has 2 fully saturated rings. The Labute approximate surface area is 140 Å². The highest BCUT2D eigenvalue weighted by Crippen LogP contribution is 2.34. The van der Waals surface area contributed by atoms with Crippen molar-refractivity contribution in [3.63, 3.8) is 0 Å². The Balaban J connectivity index is 1.74. The van der Waals surface area contributed by atoms with Gasteiger partial charge in [0.05, 0.1) is 6.33 Å². The number of rotatable bonds is 3. The molecule has 4 rings (SSSR count). The van der Waals surface area contributed by atoms with Crippen LogP contribution < -0.4 is 4.90 Å². The zero-order valence-corrected chi connectivity index (χ0v) is 14.2. The topological polar surface area (TPSA) is 56.1 Å². The van der Waals surface area contributed by atoms with E-state index in [9.17, 15) is 0 Å². The van der Waals surface area contributed by atoms with Gasteiger partial charge in [0.1, 0.15) is 6.23 Å². The molecule has 23 heavy (non-hydrogen) atoms. The van der Waals surface area contributed by atoms with E-state index >= 15 is 0 Å². The average molecular weight is 336 g/mol. The summed E-state index contributed by atoms with van der Waals surface area (Å²) >= 11 is 6.21. The van der Waals surface area contributed by atoms with Crippen LogP contribution in [0.15, 0.2) is 6.33 Å². The second-order valence-electron chi connectivity index (χ2n) is 6.51. The lowest BCUT2D eigenvalue weighted by Gasteiger charge is -2.32. The largest absolute Gasteiger partial charge is 0.358 e. The van der Waals surface area contributed by atoms with Crippen LogP contribution in [0.3, 0.4) is 0 Å². The summed E-state index contributed by atoms with van der Waals surface area (Å²) in [6.07, 6.45) is 10.1. The monoisotopic (exact) mass is 335 g/mol. The number of ether oxygens (including phenoxy) is 1. The zero-order chi connectivity index (χ0) is 15.8. The van der Waals surface area contributed by atoms with E-state index in [1.807, 2.05) is 13.4 Å². The molecule has 0 amide bonds. The third-order valence-electron chi connectivity index (χ3n) is 5.02. The molecule has 0 bridgehead atoms.